The second kappa shape index (κ2) is 8.89. The minimum atomic E-state index is -0.786. The van der Waals surface area contributed by atoms with Crippen molar-refractivity contribution in [2.45, 2.75) is 25.7 Å². The Kier molecular flexibility index (Phi) is 6.10. The lowest BCUT2D eigenvalue weighted by atomic mass is 10.0. The number of fused-ring (bicyclic) bond motifs is 1. The highest BCUT2D eigenvalue weighted by Gasteiger charge is 2.13. The molecule has 0 bridgehead atoms. The first kappa shape index (κ1) is 18.5. The van der Waals surface area contributed by atoms with Crippen LogP contribution in [0, 0.1) is 0 Å². The molecule has 2 N–H and O–H groups in total. The topological polar surface area (TPSA) is 92.2 Å². The van der Waals surface area contributed by atoms with Gasteiger partial charge in [-0.05, 0) is 37.1 Å². The number of carboxylic acid groups (broad SMARTS) is 1. The zero-order valence-corrected chi connectivity index (χ0v) is 14.9. The van der Waals surface area contributed by atoms with Crippen LogP contribution >= 0.6 is 0 Å². The Hall–Kier alpha value is -3.28. The van der Waals surface area contributed by atoms with Crippen LogP contribution in [-0.4, -0.2) is 33.5 Å². The number of hydrogen-bond acceptors (Lipinski definition) is 4. The lowest BCUT2D eigenvalue weighted by Crippen LogP contribution is -2.24. The van der Waals surface area contributed by atoms with Gasteiger partial charge in [-0.15, -0.1) is 0 Å². The highest BCUT2D eigenvalue weighted by Crippen LogP contribution is 2.24. The third-order valence-corrected chi connectivity index (χ3v) is 4.29. The van der Waals surface area contributed by atoms with E-state index < -0.39 is 5.97 Å². The molecule has 0 spiro atoms. The molecule has 2 heterocycles. The number of carbonyl (C=O) groups is 2. The molecule has 0 aliphatic heterocycles. The maximum absolute atomic E-state index is 12.7. The van der Waals surface area contributed by atoms with Crippen LogP contribution < -0.4 is 5.32 Å². The molecule has 0 atom stereocenters. The van der Waals surface area contributed by atoms with Gasteiger partial charge < -0.3 is 10.4 Å². The van der Waals surface area contributed by atoms with Crippen LogP contribution in [0.15, 0.2) is 54.9 Å². The first-order valence-corrected chi connectivity index (χ1v) is 8.95. The second-order valence-electron chi connectivity index (χ2n) is 6.27. The minimum Gasteiger partial charge on any atom is -0.481 e. The number of para-hydroxylation sites is 1. The number of aromatic nitrogens is 2. The number of aliphatic carboxylic acids is 1. The number of hydrogen-bond donors (Lipinski definition) is 2. The summed E-state index contributed by atoms with van der Waals surface area (Å²) in [4.78, 5) is 31.9. The normalized spacial score (nSPS) is 10.7. The first-order chi connectivity index (χ1) is 13.1. The van der Waals surface area contributed by atoms with Crippen LogP contribution in [0.5, 0.6) is 0 Å². The number of amides is 1. The van der Waals surface area contributed by atoms with Gasteiger partial charge >= 0.3 is 5.97 Å². The van der Waals surface area contributed by atoms with E-state index in [1.807, 2.05) is 36.4 Å². The van der Waals surface area contributed by atoms with Crippen molar-refractivity contribution in [3.63, 3.8) is 0 Å². The maximum Gasteiger partial charge on any atom is 0.303 e. The number of carbonyl (C=O) groups excluding carboxylic acids is 1. The summed E-state index contributed by atoms with van der Waals surface area (Å²) >= 11 is 0. The van der Waals surface area contributed by atoms with Crippen molar-refractivity contribution < 1.29 is 14.7 Å². The summed E-state index contributed by atoms with van der Waals surface area (Å²) in [6, 6.07) is 13.1. The van der Waals surface area contributed by atoms with Crippen LogP contribution in [0.3, 0.4) is 0 Å². The molecule has 0 aliphatic carbocycles. The largest absolute Gasteiger partial charge is 0.481 e. The summed E-state index contributed by atoms with van der Waals surface area (Å²) in [5, 5.41) is 12.4. The molecule has 0 aliphatic rings. The predicted octanol–water partition coefficient (Wildman–Crippen LogP) is 3.67. The van der Waals surface area contributed by atoms with E-state index in [-0.39, 0.29) is 12.3 Å². The molecule has 0 radical (unpaired) electrons. The monoisotopic (exact) mass is 363 g/mol. The van der Waals surface area contributed by atoms with Crippen LogP contribution in [0.25, 0.3) is 22.2 Å². The molecule has 3 aromatic rings. The standard InChI is InChI=1S/C21H21N3O3/c25-20(26)8-2-1-5-11-23-21(27)17-14-19(15-9-12-22-13-10-15)24-18-7-4-3-6-16(17)18/h3-4,6-7,9-10,12-14H,1-2,5,8,11H2,(H,23,27)(H,25,26). The third-order valence-electron chi connectivity index (χ3n) is 4.29. The maximum atomic E-state index is 12.7. The van der Waals surface area contributed by atoms with Crippen LogP contribution in [0.1, 0.15) is 36.0 Å². The minimum absolute atomic E-state index is 0.151. The van der Waals surface area contributed by atoms with E-state index in [1.165, 1.54) is 0 Å². The van der Waals surface area contributed by atoms with Crippen LogP contribution in [-0.2, 0) is 4.79 Å². The molecule has 0 saturated carbocycles. The molecule has 1 amide bonds. The number of nitrogens with zero attached hydrogens (tertiary/aromatic N) is 2. The number of pyridine rings is 2. The second-order valence-corrected chi connectivity index (χ2v) is 6.27. The SMILES string of the molecule is O=C(O)CCCCCNC(=O)c1cc(-c2ccncc2)nc2ccccc12. The van der Waals surface area contributed by atoms with E-state index in [0.29, 0.717) is 18.5 Å². The molecule has 1 aromatic carbocycles. The van der Waals surface area contributed by atoms with Crippen molar-refractivity contribution in [3.8, 4) is 11.3 Å². The lowest BCUT2D eigenvalue weighted by molar-refractivity contribution is -0.137. The average Bonchev–Trinajstić information content (AvgIpc) is 2.70. The Labute approximate surface area is 157 Å². The summed E-state index contributed by atoms with van der Waals surface area (Å²) in [5.74, 6) is -0.937. The van der Waals surface area contributed by atoms with E-state index in [0.717, 1.165) is 35.0 Å². The molecule has 0 fully saturated rings. The lowest BCUT2D eigenvalue weighted by Gasteiger charge is -2.10. The van der Waals surface area contributed by atoms with Gasteiger partial charge in [0.1, 0.15) is 0 Å². The molecule has 6 nitrogen and oxygen atoms in total. The number of benzene rings is 1. The van der Waals surface area contributed by atoms with Crippen LogP contribution in [0.4, 0.5) is 0 Å². The van der Waals surface area contributed by atoms with Gasteiger partial charge in [0.05, 0.1) is 16.8 Å². The Morgan fingerprint density at radius 3 is 2.56 bits per heavy atom. The Balaban J connectivity index is 1.76. The first-order valence-electron chi connectivity index (χ1n) is 8.95. The molecule has 0 saturated heterocycles. The van der Waals surface area contributed by atoms with Gasteiger partial charge in [-0.1, -0.05) is 24.6 Å². The molecule has 0 unspecified atom stereocenters. The fraction of sp³-hybridized carbons (Fsp3) is 0.238. The van der Waals surface area contributed by atoms with Crippen molar-refractivity contribution in [2.24, 2.45) is 0 Å². The molecule has 2 aromatic heterocycles. The highest BCUT2D eigenvalue weighted by molar-refractivity contribution is 6.07. The van der Waals surface area contributed by atoms with Gasteiger partial charge in [-0.3, -0.25) is 14.6 Å². The van der Waals surface area contributed by atoms with Gasteiger partial charge in [0.25, 0.3) is 5.91 Å². The van der Waals surface area contributed by atoms with Crippen molar-refractivity contribution in [1.82, 2.24) is 15.3 Å². The number of carboxylic acids is 1. The van der Waals surface area contributed by atoms with Gasteiger partial charge in [0.15, 0.2) is 0 Å². The van der Waals surface area contributed by atoms with Crippen molar-refractivity contribution in [3.05, 3.63) is 60.4 Å². The summed E-state index contributed by atoms with van der Waals surface area (Å²) < 4.78 is 0. The molecule has 6 heteroatoms. The Bertz CT molecular complexity index is 942. The van der Waals surface area contributed by atoms with E-state index in [1.54, 1.807) is 18.5 Å². The summed E-state index contributed by atoms with van der Waals surface area (Å²) in [7, 11) is 0. The smallest absolute Gasteiger partial charge is 0.303 e. The number of rotatable bonds is 8. The molecule has 27 heavy (non-hydrogen) atoms. The van der Waals surface area contributed by atoms with Crippen molar-refractivity contribution >= 4 is 22.8 Å². The quantitative estimate of drug-likeness (QED) is 0.596. The van der Waals surface area contributed by atoms with E-state index in [4.69, 9.17) is 5.11 Å². The zero-order valence-electron chi connectivity index (χ0n) is 14.9. The summed E-state index contributed by atoms with van der Waals surface area (Å²) in [6.07, 6.45) is 5.70. The van der Waals surface area contributed by atoms with Gasteiger partial charge in [0, 0.05) is 36.3 Å². The van der Waals surface area contributed by atoms with Gasteiger partial charge in [-0.25, -0.2) is 4.98 Å². The number of nitrogens with one attached hydrogen (secondary N) is 1. The summed E-state index contributed by atoms with van der Waals surface area (Å²) in [6.45, 7) is 0.514. The Morgan fingerprint density at radius 1 is 1.00 bits per heavy atom. The van der Waals surface area contributed by atoms with Crippen molar-refractivity contribution in [2.75, 3.05) is 6.54 Å². The van der Waals surface area contributed by atoms with Gasteiger partial charge in [0.2, 0.25) is 0 Å². The van der Waals surface area contributed by atoms with Gasteiger partial charge in [-0.2, -0.15) is 0 Å². The highest BCUT2D eigenvalue weighted by atomic mass is 16.4. The van der Waals surface area contributed by atoms with E-state index in [2.05, 4.69) is 15.3 Å². The number of unbranched alkanes of at least 4 members (excludes halogenated alkanes) is 2. The van der Waals surface area contributed by atoms with Crippen molar-refractivity contribution in [1.29, 1.82) is 0 Å². The molecular formula is C21H21N3O3. The van der Waals surface area contributed by atoms with E-state index >= 15 is 0 Å². The fourth-order valence-electron chi connectivity index (χ4n) is 2.91. The Morgan fingerprint density at radius 2 is 1.78 bits per heavy atom. The molecule has 138 valence electrons. The van der Waals surface area contributed by atoms with E-state index in [9.17, 15) is 9.59 Å². The summed E-state index contributed by atoms with van der Waals surface area (Å²) in [5.41, 5.74) is 2.97. The molecular weight excluding hydrogens is 342 g/mol. The average molecular weight is 363 g/mol. The zero-order chi connectivity index (χ0) is 19.1. The fourth-order valence-corrected chi connectivity index (χ4v) is 2.91. The van der Waals surface area contributed by atoms with Crippen LogP contribution in [0.2, 0.25) is 0 Å². The predicted molar refractivity (Wildman–Crippen MR) is 103 cm³/mol. The third kappa shape index (κ3) is 4.88. The molecule has 3 rings (SSSR count).